The summed E-state index contributed by atoms with van der Waals surface area (Å²) in [7, 11) is 3.06. The van der Waals surface area contributed by atoms with Gasteiger partial charge in [0.15, 0.2) is 0 Å². The van der Waals surface area contributed by atoms with Crippen molar-refractivity contribution in [1.29, 1.82) is 0 Å². The average molecular weight is 443 g/mol. The minimum atomic E-state index is -0.454. The lowest BCUT2D eigenvalue weighted by atomic mass is 10.0. The van der Waals surface area contributed by atoms with Crippen LogP contribution >= 0.6 is 0 Å². The minimum Gasteiger partial charge on any atom is -0.496 e. The summed E-state index contributed by atoms with van der Waals surface area (Å²) in [5.74, 6) is 0.0491. The van der Waals surface area contributed by atoms with E-state index in [0.717, 1.165) is 16.9 Å². The highest BCUT2D eigenvalue weighted by atomic mass is 16.5. The molecule has 3 aromatic carbocycles. The molecule has 0 aromatic heterocycles. The van der Waals surface area contributed by atoms with Gasteiger partial charge in [0, 0.05) is 11.3 Å². The number of aryl methyl sites for hydroxylation is 2. The van der Waals surface area contributed by atoms with Crippen LogP contribution in [0.1, 0.15) is 23.6 Å². The Hall–Kier alpha value is -4.06. The van der Waals surface area contributed by atoms with Crippen LogP contribution in [0.4, 0.5) is 11.4 Å². The maximum absolute atomic E-state index is 13.8. The highest BCUT2D eigenvalue weighted by Crippen LogP contribution is 2.40. The molecule has 6 nitrogen and oxygen atoms in total. The zero-order chi connectivity index (χ0) is 23.5. The maximum atomic E-state index is 13.8. The number of hydrogen-bond donors (Lipinski definition) is 1. The number of benzene rings is 3. The van der Waals surface area contributed by atoms with E-state index < -0.39 is 11.8 Å². The largest absolute Gasteiger partial charge is 0.496 e. The number of nitrogens with zero attached hydrogens (tertiary/aromatic N) is 1. The summed E-state index contributed by atoms with van der Waals surface area (Å²) >= 11 is 0. The number of carbonyl (C=O) groups is 2. The van der Waals surface area contributed by atoms with Crippen LogP contribution in [0.2, 0.25) is 0 Å². The molecule has 1 aliphatic heterocycles. The van der Waals surface area contributed by atoms with Crippen molar-refractivity contribution in [2.75, 3.05) is 24.4 Å². The van der Waals surface area contributed by atoms with Gasteiger partial charge in [0.25, 0.3) is 11.8 Å². The molecule has 33 heavy (non-hydrogen) atoms. The summed E-state index contributed by atoms with van der Waals surface area (Å²) in [5, 5.41) is 3.20. The number of nitrogens with one attached hydrogen (secondary N) is 1. The van der Waals surface area contributed by atoms with E-state index in [4.69, 9.17) is 9.47 Å². The molecule has 0 atom stereocenters. The van der Waals surface area contributed by atoms with Crippen molar-refractivity contribution in [3.63, 3.8) is 0 Å². The second-order valence-electron chi connectivity index (χ2n) is 7.75. The van der Waals surface area contributed by atoms with Crippen LogP contribution in [0, 0.1) is 6.92 Å². The first-order valence-corrected chi connectivity index (χ1v) is 10.8. The Morgan fingerprint density at radius 3 is 2.21 bits per heavy atom. The zero-order valence-electron chi connectivity index (χ0n) is 19.1. The molecule has 0 saturated heterocycles. The fourth-order valence-corrected chi connectivity index (χ4v) is 3.91. The summed E-state index contributed by atoms with van der Waals surface area (Å²) in [4.78, 5) is 28.6. The van der Waals surface area contributed by atoms with E-state index in [9.17, 15) is 9.59 Å². The van der Waals surface area contributed by atoms with E-state index in [1.54, 1.807) is 31.4 Å². The van der Waals surface area contributed by atoms with Crippen LogP contribution < -0.4 is 19.7 Å². The Labute approximate surface area is 193 Å². The summed E-state index contributed by atoms with van der Waals surface area (Å²) in [6.07, 6.45) is 0.911. The number of anilines is 2. The summed E-state index contributed by atoms with van der Waals surface area (Å²) in [6, 6.07) is 20.4. The fraction of sp³-hybridized carbons (Fsp3) is 0.185. The molecule has 168 valence electrons. The lowest BCUT2D eigenvalue weighted by molar-refractivity contribution is -0.120. The van der Waals surface area contributed by atoms with E-state index >= 15 is 0 Å². The fourth-order valence-electron chi connectivity index (χ4n) is 3.91. The van der Waals surface area contributed by atoms with Gasteiger partial charge in [-0.25, -0.2) is 4.90 Å². The smallest absolute Gasteiger partial charge is 0.282 e. The number of amides is 2. The normalized spacial score (nSPS) is 13.5. The van der Waals surface area contributed by atoms with Gasteiger partial charge in [-0.05, 0) is 54.8 Å². The first-order chi connectivity index (χ1) is 16.0. The van der Waals surface area contributed by atoms with Crippen LogP contribution in [-0.2, 0) is 16.0 Å². The third-order valence-electron chi connectivity index (χ3n) is 5.67. The Kier molecular flexibility index (Phi) is 6.18. The van der Waals surface area contributed by atoms with E-state index in [2.05, 4.69) is 12.2 Å². The van der Waals surface area contributed by atoms with Gasteiger partial charge in [0.2, 0.25) is 0 Å². The third-order valence-corrected chi connectivity index (χ3v) is 5.67. The van der Waals surface area contributed by atoms with Gasteiger partial charge in [0.05, 0.1) is 25.5 Å². The highest BCUT2D eigenvalue weighted by Gasteiger charge is 2.42. The molecule has 3 aromatic rings. The van der Waals surface area contributed by atoms with Gasteiger partial charge in [-0.2, -0.15) is 0 Å². The predicted octanol–water partition coefficient (Wildman–Crippen LogP) is 4.97. The Morgan fingerprint density at radius 1 is 0.848 bits per heavy atom. The second-order valence-corrected chi connectivity index (χ2v) is 7.75. The molecule has 2 amide bonds. The molecule has 0 spiro atoms. The first-order valence-electron chi connectivity index (χ1n) is 10.8. The first kappa shape index (κ1) is 22.1. The topological polar surface area (TPSA) is 67.9 Å². The van der Waals surface area contributed by atoms with Crippen molar-refractivity contribution in [3.05, 3.63) is 89.1 Å². The highest BCUT2D eigenvalue weighted by molar-refractivity contribution is 6.46. The molecule has 0 fully saturated rings. The molecule has 6 heteroatoms. The standard InChI is InChI=1S/C27H26N2O4/c1-5-18-11-13-19(14-12-18)28-25-24(20-8-6-7-9-22(20)32-3)26(30)29(27(25)31)21-16-17(2)10-15-23(21)33-4/h6-16,28H,5H2,1-4H3. The number of para-hydroxylation sites is 1. The molecule has 0 unspecified atom stereocenters. The molecule has 1 aliphatic rings. The van der Waals surface area contributed by atoms with E-state index in [1.807, 2.05) is 49.4 Å². The second kappa shape index (κ2) is 9.20. The predicted molar refractivity (Wildman–Crippen MR) is 130 cm³/mol. The quantitative estimate of drug-likeness (QED) is 0.523. The van der Waals surface area contributed by atoms with Gasteiger partial charge < -0.3 is 14.8 Å². The third kappa shape index (κ3) is 4.07. The number of ether oxygens (including phenoxy) is 2. The van der Waals surface area contributed by atoms with Crippen molar-refractivity contribution >= 4 is 28.8 Å². The molecular formula is C27H26N2O4. The maximum Gasteiger partial charge on any atom is 0.282 e. The Balaban J connectivity index is 1.87. The summed E-state index contributed by atoms with van der Waals surface area (Å²) < 4.78 is 11.0. The zero-order valence-corrected chi connectivity index (χ0v) is 19.1. The molecule has 0 saturated carbocycles. The molecule has 0 aliphatic carbocycles. The van der Waals surface area contributed by atoms with Gasteiger partial charge in [-0.1, -0.05) is 43.3 Å². The van der Waals surface area contributed by atoms with Crippen LogP contribution in [0.25, 0.3) is 5.57 Å². The van der Waals surface area contributed by atoms with Crippen molar-refractivity contribution < 1.29 is 19.1 Å². The van der Waals surface area contributed by atoms with Crippen molar-refractivity contribution in [1.82, 2.24) is 0 Å². The van der Waals surface area contributed by atoms with Gasteiger partial charge in [-0.3, -0.25) is 9.59 Å². The molecule has 1 heterocycles. The van der Waals surface area contributed by atoms with Crippen molar-refractivity contribution in [3.8, 4) is 11.5 Å². The Morgan fingerprint density at radius 2 is 1.55 bits per heavy atom. The van der Waals surface area contributed by atoms with Gasteiger partial charge in [-0.15, -0.1) is 0 Å². The lowest BCUT2D eigenvalue weighted by Crippen LogP contribution is -2.32. The number of rotatable bonds is 7. The molecular weight excluding hydrogens is 416 g/mol. The SMILES string of the molecule is CCc1ccc(NC2=C(c3ccccc3OC)C(=O)N(c3cc(C)ccc3OC)C2=O)cc1. The number of methoxy groups -OCH3 is 2. The van der Waals surface area contributed by atoms with Crippen LogP contribution in [0.5, 0.6) is 11.5 Å². The number of imide groups is 1. The van der Waals surface area contributed by atoms with Gasteiger partial charge >= 0.3 is 0 Å². The summed E-state index contributed by atoms with van der Waals surface area (Å²) in [5.41, 5.74) is 4.19. The monoisotopic (exact) mass is 442 g/mol. The number of carbonyl (C=O) groups excluding carboxylic acids is 2. The van der Waals surface area contributed by atoms with E-state index in [1.165, 1.54) is 12.7 Å². The Bertz CT molecular complexity index is 1250. The average Bonchev–Trinajstić information content (AvgIpc) is 3.08. The van der Waals surface area contributed by atoms with Crippen LogP contribution in [-0.4, -0.2) is 26.0 Å². The van der Waals surface area contributed by atoms with Gasteiger partial charge in [0.1, 0.15) is 17.2 Å². The van der Waals surface area contributed by atoms with Crippen molar-refractivity contribution in [2.45, 2.75) is 20.3 Å². The summed E-state index contributed by atoms with van der Waals surface area (Å²) in [6.45, 7) is 3.98. The molecule has 4 rings (SSSR count). The van der Waals surface area contributed by atoms with Crippen molar-refractivity contribution in [2.24, 2.45) is 0 Å². The molecule has 0 radical (unpaired) electrons. The lowest BCUT2D eigenvalue weighted by Gasteiger charge is -2.19. The molecule has 0 bridgehead atoms. The van der Waals surface area contributed by atoms with E-state index in [0.29, 0.717) is 28.4 Å². The molecule has 1 N–H and O–H groups in total. The van der Waals surface area contributed by atoms with E-state index in [-0.39, 0.29) is 11.3 Å². The van der Waals surface area contributed by atoms with Crippen LogP contribution in [0.15, 0.2) is 72.4 Å². The minimum absolute atomic E-state index is 0.192. The number of hydrogen-bond acceptors (Lipinski definition) is 5. The van der Waals surface area contributed by atoms with Crippen LogP contribution in [0.3, 0.4) is 0 Å².